The molecule has 2 rings (SSSR count). The van der Waals surface area contributed by atoms with Crippen molar-refractivity contribution in [2.75, 3.05) is 20.6 Å². The van der Waals surface area contributed by atoms with Crippen molar-refractivity contribution in [3.63, 3.8) is 0 Å². The molecule has 4 amide bonds. The molecule has 0 aromatic rings. The van der Waals surface area contributed by atoms with E-state index in [1.807, 2.05) is 0 Å². The SMILES string of the molecule is CCN1C(=O)NC(=O)/C(=C\C=C\C2CCCC(N(C)C)C2)C1=O. The zero-order valence-electron chi connectivity index (χ0n) is 14.0. The molecule has 0 radical (unpaired) electrons. The highest BCUT2D eigenvalue weighted by atomic mass is 16.2. The van der Waals surface area contributed by atoms with E-state index in [0.29, 0.717) is 12.0 Å². The molecule has 0 bridgehead atoms. The number of urea groups is 1. The second-order valence-corrected chi connectivity index (χ2v) is 6.32. The molecule has 1 heterocycles. The summed E-state index contributed by atoms with van der Waals surface area (Å²) in [4.78, 5) is 38.8. The fourth-order valence-corrected chi connectivity index (χ4v) is 3.15. The van der Waals surface area contributed by atoms with Gasteiger partial charge in [-0.15, -0.1) is 0 Å². The number of rotatable bonds is 4. The van der Waals surface area contributed by atoms with Crippen LogP contribution >= 0.6 is 0 Å². The number of likely N-dealkylation sites (N-methyl/N-ethyl adjacent to an activating group) is 1. The van der Waals surface area contributed by atoms with Gasteiger partial charge in [0.25, 0.3) is 11.8 Å². The highest BCUT2D eigenvalue weighted by molar-refractivity contribution is 6.28. The molecule has 2 unspecified atom stereocenters. The standard InChI is InChI=1S/C17H25N3O3/c1-4-20-16(22)14(15(21)18-17(20)23)10-6-8-12-7-5-9-13(11-12)19(2)3/h6,8,10,12-13H,4-5,7,9,11H2,1-3H3,(H,18,21,23)/b8-6+,14-10+. The zero-order chi connectivity index (χ0) is 17.0. The Morgan fingerprint density at radius 3 is 2.65 bits per heavy atom. The minimum Gasteiger partial charge on any atom is -0.306 e. The van der Waals surface area contributed by atoms with E-state index in [1.54, 1.807) is 13.0 Å². The van der Waals surface area contributed by atoms with Gasteiger partial charge in [0.05, 0.1) is 0 Å². The van der Waals surface area contributed by atoms with Crippen LogP contribution in [0, 0.1) is 5.92 Å². The molecule has 126 valence electrons. The summed E-state index contributed by atoms with van der Waals surface area (Å²) < 4.78 is 0. The minimum atomic E-state index is -0.648. The van der Waals surface area contributed by atoms with Crippen LogP contribution in [0.3, 0.4) is 0 Å². The van der Waals surface area contributed by atoms with Crippen molar-refractivity contribution in [3.8, 4) is 0 Å². The van der Waals surface area contributed by atoms with Gasteiger partial charge in [0.1, 0.15) is 5.57 Å². The topological polar surface area (TPSA) is 69.7 Å². The Balaban J connectivity index is 2.04. The number of barbiturate groups is 1. The van der Waals surface area contributed by atoms with E-state index in [2.05, 4.69) is 30.4 Å². The quantitative estimate of drug-likeness (QED) is 0.632. The van der Waals surface area contributed by atoms with Crippen LogP contribution in [-0.2, 0) is 9.59 Å². The van der Waals surface area contributed by atoms with E-state index in [4.69, 9.17) is 0 Å². The van der Waals surface area contributed by atoms with Gasteiger partial charge in [-0.3, -0.25) is 19.8 Å². The molecule has 0 aromatic carbocycles. The molecular formula is C17H25N3O3. The summed E-state index contributed by atoms with van der Waals surface area (Å²) in [5.41, 5.74) is 0.0164. The molecule has 2 fully saturated rings. The highest BCUT2D eigenvalue weighted by Gasteiger charge is 2.34. The van der Waals surface area contributed by atoms with E-state index in [9.17, 15) is 14.4 Å². The van der Waals surface area contributed by atoms with Crippen LogP contribution in [0.25, 0.3) is 0 Å². The van der Waals surface area contributed by atoms with E-state index in [0.717, 1.165) is 17.7 Å². The Labute approximate surface area is 137 Å². The first-order valence-corrected chi connectivity index (χ1v) is 8.16. The van der Waals surface area contributed by atoms with Crippen molar-refractivity contribution in [2.45, 2.75) is 38.6 Å². The third-order valence-electron chi connectivity index (χ3n) is 4.57. The number of carbonyl (C=O) groups is 3. The molecule has 2 aliphatic rings. The van der Waals surface area contributed by atoms with Gasteiger partial charge >= 0.3 is 6.03 Å². The predicted octanol–water partition coefficient (Wildman–Crippen LogP) is 1.69. The number of nitrogens with one attached hydrogen (secondary N) is 1. The van der Waals surface area contributed by atoms with Crippen molar-refractivity contribution >= 4 is 17.8 Å². The molecule has 1 N–H and O–H groups in total. The first-order valence-electron chi connectivity index (χ1n) is 8.16. The van der Waals surface area contributed by atoms with Crippen molar-refractivity contribution in [2.24, 2.45) is 5.92 Å². The first kappa shape index (κ1) is 17.4. The molecule has 6 heteroatoms. The molecule has 2 atom stereocenters. The van der Waals surface area contributed by atoms with Crippen LogP contribution in [0.5, 0.6) is 0 Å². The maximum Gasteiger partial charge on any atom is 0.331 e. The zero-order valence-corrected chi connectivity index (χ0v) is 14.0. The Morgan fingerprint density at radius 1 is 1.26 bits per heavy atom. The lowest BCUT2D eigenvalue weighted by atomic mass is 9.85. The fourth-order valence-electron chi connectivity index (χ4n) is 3.15. The van der Waals surface area contributed by atoms with Crippen molar-refractivity contribution in [3.05, 3.63) is 23.8 Å². The summed E-state index contributed by atoms with van der Waals surface area (Å²) >= 11 is 0. The molecule has 23 heavy (non-hydrogen) atoms. The lowest BCUT2D eigenvalue weighted by Crippen LogP contribution is -2.53. The summed E-state index contributed by atoms with van der Waals surface area (Å²) in [6, 6.07) is -0.0661. The lowest BCUT2D eigenvalue weighted by Gasteiger charge is -2.32. The molecule has 0 aromatic heterocycles. The minimum absolute atomic E-state index is 0.0164. The second kappa shape index (κ2) is 7.55. The average Bonchev–Trinajstić information content (AvgIpc) is 2.51. The Kier molecular flexibility index (Phi) is 5.71. The van der Waals surface area contributed by atoms with E-state index < -0.39 is 17.8 Å². The Hall–Kier alpha value is -1.95. The maximum atomic E-state index is 12.1. The predicted molar refractivity (Wildman–Crippen MR) is 87.6 cm³/mol. The Morgan fingerprint density at radius 2 is 2.00 bits per heavy atom. The number of hydrogen-bond donors (Lipinski definition) is 1. The number of imide groups is 2. The lowest BCUT2D eigenvalue weighted by molar-refractivity contribution is -0.130. The molecule has 1 saturated heterocycles. The van der Waals surface area contributed by atoms with Gasteiger partial charge < -0.3 is 4.90 Å². The number of hydrogen-bond acceptors (Lipinski definition) is 4. The summed E-state index contributed by atoms with van der Waals surface area (Å²) in [6.07, 6.45) is 9.98. The van der Waals surface area contributed by atoms with Gasteiger partial charge in [0, 0.05) is 12.6 Å². The molecule has 1 aliphatic heterocycles. The summed E-state index contributed by atoms with van der Waals surface area (Å²) in [7, 11) is 4.19. The van der Waals surface area contributed by atoms with Crippen molar-refractivity contribution in [1.29, 1.82) is 0 Å². The molecule has 1 saturated carbocycles. The van der Waals surface area contributed by atoms with Crippen LogP contribution in [0.2, 0.25) is 0 Å². The van der Waals surface area contributed by atoms with Crippen molar-refractivity contribution in [1.82, 2.24) is 15.1 Å². The first-order chi connectivity index (χ1) is 10.9. The summed E-state index contributed by atoms with van der Waals surface area (Å²) in [6.45, 7) is 1.94. The number of amides is 4. The third kappa shape index (κ3) is 4.07. The normalized spacial score (nSPS) is 28.1. The van der Waals surface area contributed by atoms with Gasteiger partial charge in [0.15, 0.2) is 0 Å². The van der Waals surface area contributed by atoms with E-state index in [1.165, 1.54) is 18.9 Å². The number of carbonyl (C=O) groups excluding carboxylic acids is 3. The van der Waals surface area contributed by atoms with Crippen LogP contribution < -0.4 is 5.32 Å². The van der Waals surface area contributed by atoms with Gasteiger partial charge in [0.2, 0.25) is 0 Å². The van der Waals surface area contributed by atoms with Crippen LogP contribution in [0.4, 0.5) is 4.79 Å². The van der Waals surface area contributed by atoms with E-state index in [-0.39, 0.29) is 12.1 Å². The molecular weight excluding hydrogens is 294 g/mol. The smallest absolute Gasteiger partial charge is 0.306 e. The monoisotopic (exact) mass is 319 g/mol. The highest BCUT2D eigenvalue weighted by Crippen LogP contribution is 2.27. The maximum absolute atomic E-state index is 12.1. The number of nitrogens with zero attached hydrogens (tertiary/aromatic N) is 2. The van der Waals surface area contributed by atoms with Gasteiger partial charge in [-0.1, -0.05) is 18.6 Å². The summed E-state index contributed by atoms with van der Waals surface area (Å²) in [5, 5.41) is 2.19. The van der Waals surface area contributed by atoms with Gasteiger partial charge in [-0.05, 0) is 52.3 Å². The molecule has 0 spiro atoms. The largest absolute Gasteiger partial charge is 0.331 e. The Bertz CT molecular complexity index is 551. The van der Waals surface area contributed by atoms with E-state index >= 15 is 0 Å². The van der Waals surface area contributed by atoms with Gasteiger partial charge in [-0.25, -0.2) is 4.79 Å². The number of allylic oxidation sites excluding steroid dienone is 3. The average molecular weight is 319 g/mol. The van der Waals surface area contributed by atoms with Crippen molar-refractivity contribution < 1.29 is 14.4 Å². The van der Waals surface area contributed by atoms with Crippen LogP contribution in [-0.4, -0.2) is 54.3 Å². The second-order valence-electron chi connectivity index (χ2n) is 6.32. The molecule has 6 nitrogen and oxygen atoms in total. The van der Waals surface area contributed by atoms with Gasteiger partial charge in [-0.2, -0.15) is 0 Å². The third-order valence-corrected chi connectivity index (χ3v) is 4.57. The van der Waals surface area contributed by atoms with Crippen LogP contribution in [0.15, 0.2) is 23.8 Å². The molecule has 1 aliphatic carbocycles. The van der Waals surface area contributed by atoms with Crippen LogP contribution in [0.1, 0.15) is 32.6 Å². The summed E-state index contributed by atoms with van der Waals surface area (Å²) in [5.74, 6) is -0.691. The fraction of sp³-hybridized carbons (Fsp3) is 0.588.